The first-order valence-corrected chi connectivity index (χ1v) is 14.0. The molecule has 0 bridgehead atoms. The Morgan fingerprint density at radius 3 is 2.21 bits per heavy atom. The van der Waals surface area contributed by atoms with Crippen molar-refractivity contribution in [2.75, 3.05) is 13.7 Å². The van der Waals surface area contributed by atoms with Crippen LogP contribution in [-0.2, 0) is 22.6 Å². The molecule has 1 unspecified atom stereocenters. The molecule has 2 amide bonds. The molecule has 4 rings (SSSR count). The molecule has 39 heavy (non-hydrogen) atoms. The van der Waals surface area contributed by atoms with Gasteiger partial charge in [-0.15, -0.1) is 0 Å². The Morgan fingerprint density at radius 2 is 1.54 bits per heavy atom. The fraction of sp³-hybridized carbons (Fsp3) is 0.355. The molecule has 1 aliphatic rings. The average molecular weight is 570 g/mol. The first-order valence-electron chi connectivity index (χ1n) is 13.3. The van der Waals surface area contributed by atoms with Crippen LogP contribution in [0.25, 0.3) is 0 Å². The van der Waals surface area contributed by atoms with E-state index in [-0.39, 0.29) is 31.0 Å². The van der Waals surface area contributed by atoms with Crippen molar-refractivity contribution in [2.24, 2.45) is 0 Å². The zero-order valence-electron chi connectivity index (χ0n) is 22.1. The number of carbonyl (C=O) groups is 2. The van der Waals surface area contributed by atoms with Gasteiger partial charge in [0.25, 0.3) is 5.91 Å². The van der Waals surface area contributed by atoms with Crippen molar-refractivity contribution in [1.29, 1.82) is 0 Å². The number of nitrogens with zero attached hydrogens (tertiary/aromatic N) is 1. The highest BCUT2D eigenvalue weighted by Gasteiger charge is 2.33. The van der Waals surface area contributed by atoms with Crippen molar-refractivity contribution in [3.05, 3.63) is 94.0 Å². The minimum atomic E-state index is -0.796. The smallest absolute Gasteiger partial charge is 0.261 e. The number of para-hydroxylation sites is 2. The third-order valence-electron chi connectivity index (χ3n) is 7.03. The summed E-state index contributed by atoms with van der Waals surface area (Å²) in [5.74, 6) is 0.397. The van der Waals surface area contributed by atoms with Gasteiger partial charge >= 0.3 is 0 Å². The van der Waals surface area contributed by atoms with Crippen molar-refractivity contribution >= 4 is 35.0 Å². The Labute approximate surface area is 240 Å². The number of benzene rings is 3. The normalized spacial score (nSPS) is 14.3. The molecule has 6 nitrogen and oxygen atoms in total. The number of rotatable bonds is 11. The van der Waals surface area contributed by atoms with Gasteiger partial charge in [-0.3, -0.25) is 9.59 Å². The highest BCUT2D eigenvalue weighted by atomic mass is 35.5. The third kappa shape index (κ3) is 7.90. The number of amides is 2. The van der Waals surface area contributed by atoms with Crippen LogP contribution in [0, 0.1) is 0 Å². The minimum absolute atomic E-state index is 0.0577. The van der Waals surface area contributed by atoms with Crippen LogP contribution in [0.3, 0.4) is 0 Å². The third-order valence-corrected chi connectivity index (χ3v) is 7.74. The predicted molar refractivity (Wildman–Crippen MR) is 154 cm³/mol. The first kappa shape index (κ1) is 28.8. The molecule has 0 radical (unpaired) electrons. The number of methoxy groups -OCH3 is 1. The Bertz CT molecular complexity index is 1230. The standard InChI is InChI=1S/C31H34Cl2N2O4/c1-38-28-17-8-9-18-29(28)39-21-30(36)35(20-24-25(32)15-10-16-26(24)33)27(19-22-11-4-2-5-12-22)31(37)34-23-13-6-3-7-14-23/h2,4-5,8-12,15-18,23,27H,3,6-7,13-14,19-21H2,1H3,(H,34,37). The molecule has 1 atom stereocenters. The number of hydrogen-bond acceptors (Lipinski definition) is 4. The first-order chi connectivity index (χ1) is 19.0. The van der Waals surface area contributed by atoms with Gasteiger partial charge in [0.2, 0.25) is 5.91 Å². The maximum atomic E-state index is 13.9. The van der Waals surface area contributed by atoms with Gasteiger partial charge in [0.1, 0.15) is 6.04 Å². The molecule has 1 N–H and O–H groups in total. The molecular weight excluding hydrogens is 535 g/mol. The highest BCUT2D eigenvalue weighted by Crippen LogP contribution is 2.29. The summed E-state index contributed by atoms with van der Waals surface area (Å²) in [6.07, 6.45) is 5.55. The number of ether oxygens (including phenoxy) is 2. The summed E-state index contributed by atoms with van der Waals surface area (Å²) in [5, 5.41) is 4.08. The molecule has 8 heteroatoms. The van der Waals surface area contributed by atoms with E-state index in [1.165, 1.54) is 11.3 Å². The molecule has 1 fully saturated rings. The van der Waals surface area contributed by atoms with Gasteiger partial charge in [0.15, 0.2) is 18.1 Å². The van der Waals surface area contributed by atoms with Crippen LogP contribution in [0.2, 0.25) is 10.0 Å². The molecule has 0 heterocycles. The summed E-state index contributed by atoms with van der Waals surface area (Å²) in [4.78, 5) is 29.3. The van der Waals surface area contributed by atoms with E-state index in [0.717, 1.165) is 31.2 Å². The maximum absolute atomic E-state index is 13.9. The van der Waals surface area contributed by atoms with Gasteiger partial charge in [0, 0.05) is 34.6 Å². The van der Waals surface area contributed by atoms with Crippen LogP contribution in [0.15, 0.2) is 72.8 Å². The summed E-state index contributed by atoms with van der Waals surface area (Å²) in [7, 11) is 1.54. The van der Waals surface area contributed by atoms with Crippen LogP contribution in [0.4, 0.5) is 0 Å². The lowest BCUT2D eigenvalue weighted by Gasteiger charge is -2.33. The van der Waals surface area contributed by atoms with Crippen molar-refractivity contribution in [1.82, 2.24) is 10.2 Å². The summed E-state index contributed by atoms with van der Waals surface area (Å²) in [6, 6.07) is 21.3. The largest absolute Gasteiger partial charge is 0.493 e. The van der Waals surface area contributed by atoms with Gasteiger partial charge in [-0.05, 0) is 42.7 Å². The van der Waals surface area contributed by atoms with E-state index < -0.39 is 6.04 Å². The van der Waals surface area contributed by atoms with Crippen molar-refractivity contribution < 1.29 is 19.1 Å². The molecular formula is C31H34Cl2N2O4. The fourth-order valence-corrected chi connectivity index (χ4v) is 5.43. The van der Waals surface area contributed by atoms with Gasteiger partial charge in [-0.2, -0.15) is 0 Å². The molecule has 1 aliphatic carbocycles. The zero-order valence-corrected chi connectivity index (χ0v) is 23.6. The Hall–Kier alpha value is -3.22. The summed E-state index contributed by atoms with van der Waals surface area (Å²) in [5.41, 5.74) is 1.52. The zero-order chi connectivity index (χ0) is 27.6. The Kier molecular flexibility index (Phi) is 10.5. The molecule has 0 aliphatic heterocycles. The van der Waals surface area contributed by atoms with Gasteiger partial charge in [0.05, 0.1) is 7.11 Å². The van der Waals surface area contributed by atoms with E-state index in [4.69, 9.17) is 32.7 Å². The van der Waals surface area contributed by atoms with Crippen LogP contribution >= 0.6 is 23.2 Å². The minimum Gasteiger partial charge on any atom is -0.493 e. The number of hydrogen-bond donors (Lipinski definition) is 1. The summed E-state index contributed by atoms with van der Waals surface area (Å²) < 4.78 is 11.3. The molecule has 0 aromatic heterocycles. The van der Waals surface area contributed by atoms with Crippen LogP contribution in [0.5, 0.6) is 11.5 Å². The van der Waals surface area contributed by atoms with E-state index in [9.17, 15) is 9.59 Å². The van der Waals surface area contributed by atoms with E-state index in [2.05, 4.69) is 5.32 Å². The monoisotopic (exact) mass is 568 g/mol. The van der Waals surface area contributed by atoms with Crippen LogP contribution in [0.1, 0.15) is 43.2 Å². The van der Waals surface area contributed by atoms with Crippen molar-refractivity contribution in [3.63, 3.8) is 0 Å². The summed E-state index contributed by atoms with van der Waals surface area (Å²) >= 11 is 13.0. The molecule has 3 aromatic rings. The quantitative estimate of drug-likeness (QED) is 0.288. The molecule has 1 saturated carbocycles. The number of halogens is 2. The molecule has 206 valence electrons. The second kappa shape index (κ2) is 14.2. The van der Waals surface area contributed by atoms with Crippen LogP contribution in [-0.4, -0.2) is 42.5 Å². The van der Waals surface area contributed by atoms with Gasteiger partial charge < -0.3 is 19.7 Å². The second-order valence-electron chi connectivity index (χ2n) is 9.71. The van der Waals surface area contributed by atoms with E-state index in [0.29, 0.717) is 33.5 Å². The topological polar surface area (TPSA) is 67.9 Å². The van der Waals surface area contributed by atoms with Crippen LogP contribution < -0.4 is 14.8 Å². The SMILES string of the molecule is COc1ccccc1OCC(=O)N(Cc1c(Cl)cccc1Cl)C(Cc1ccccc1)C(=O)NC1CCCCC1. The lowest BCUT2D eigenvalue weighted by Crippen LogP contribution is -2.53. The second-order valence-corrected chi connectivity index (χ2v) is 10.5. The fourth-order valence-electron chi connectivity index (χ4n) is 4.91. The van der Waals surface area contributed by atoms with E-state index in [1.807, 2.05) is 36.4 Å². The Balaban J connectivity index is 1.66. The predicted octanol–water partition coefficient (Wildman–Crippen LogP) is 6.47. The average Bonchev–Trinajstić information content (AvgIpc) is 2.96. The maximum Gasteiger partial charge on any atom is 0.261 e. The lowest BCUT2D eigenvalue weighted by molar-refractivity contribution is -0.143. The van der Waals surface area contributed by atoms with Gasteiger partial charge in [-0.25, -0.2) is 0 Å². The molecule has 0 spiro atoms. The van der Waals surface area contributed by atoms with E-state index >= 15 is 0 Å². The summed E-state index contributed by atoms with van der Waals surface area (Å²) in [6.45, 7) is -0.230. The number of carbonyl (C=O) groups excluding carboxylic acids is 2. The van der Waals surface area contributed by atoms with E-state index in [1.54, 1.807) is 43.5 Å². The lowest BCUT2D eigenvalue weighted by atomic mass is 9.94. The Morgan fingerprint density at radius 1 is 0.897 bits per heavy atom. The highest BCUT2D eigenvalue weighted by molar-refractivity contribution is 6.36. The molecule has 3 aromatic carbocycles. The molecule has 0 saturated heterocycles. The number of nitrogens with one attached hydrogen (secondary N) is 1. The van der Waals surface area contributed by atoms with Crippen molar-refractivity contribution in [2.45, 2.75) is 57.2 Å². The van der Waals surface area contributed by atoms with Gasteiger partial charge in [-0.1, -0.05) is 91.0 Å². The van der Waals surface area contributed by atoms with Crippen molar-refractivity contribution in [3.8, 4) is 11.5 Å².